The van der Waals surface area contributed by atoms with Gasteiger partial charge in [0.25, 0.3) is 0 Å². The van der Waals surface area contributed by atoms with E-state index in [4.69, 9.17) is 9.47 Å². The third-order valence-corrected chi connectivity index (χ3v) is 6.32. The second-order valence-corrected chi connectivity index (χ2v) is 10.3. The fraction of sp³-hybridized carbons (Fsp3) is 0.591. The number of halogens is 1. The molecule has 1 aromatic heterocycles. The number of rotatable bonds is 2. The average molecular weight is 462 g/mol. The summed E-state index contributed by atoms with van der Waals surface area (Å²) in [5.41, 5.74) is 1.59. The van der Waals surface area contributed by atoms with Crippen LogP contribution in [0.5, 0.6) is 5.75 Å². The van der Waals surface area contributed by atoms with E-state index in [1.807, 2.05) is 44.7 Å². The lowest BCUT2D eigenvalue weighted by molar-refractivity contribution is -0.0606. The first kappa shape index (κ1) is 20.4. The lowest BCUT2D eigenvalue weighted by Crippen LogP contribution is -2.60. The zero-order valence-electron chi connectivity index (χ0n) is 17.5. The summed E-state index contributed by atoms with van der Waals surface area (Å²) in [4.78, 5) is 22.8. The van der Waals surface area contributed by atoms with Crippen LogP contribution >= 0.6 is 15.9 Å². The van der Waals surface area contributed by atoms with Gasteiger partial charge in [0.2, 0.25) is 0 Å². The Hall–Kier alpha value is -1.89. The molecule has 1 amide bonds. The lowest BCUT2D eigenvalue weighted by atomic mass is 9.68. The molecular formula is C22H28BrN3O3. The molecule has 0 N–H and O–H groups in total. The van der Waals surface area contributed by atoms with Crippen LogP contribution in [0, 0.1) is 12.3 Å². The van der Waals surface area contributed by atoms with Crippen LogP contribution in [0.3, 0.4) is 0 Å². The van der Waals surface area contributed by atoms with Gasteiger partial charge >= 0.3 is 6.09 Å². The SMILES string of the molecule is Cc1ncnc2c(OC3CCC4(CC3)CN(C(=O)OC(C)(C)C)C4)cc(Br)cc12. The summed E-state index contributed by atoms with van der Waals surface area (Å²) in [6.45, 7) is 9.28. The number of aryl methyl sites for hydroxylation is 1. The zero-order valence-corrected chi connectivity index (χ0v) is 19.1. The molecule has 7 heteroatoms. The molecule has 6 nitrogen and oxygen atoms in total. The molecular weight excluding hydrogens is 434 g/mol. The van der Waals surface area contributed by atoms with Crippen molar-refractivity contribution < 1.29 is 14.3 Å². The number of amides is 1. The van der Waals surface area contributed by atoms with Gasteiger partial charge in [-0.25, -0.2) is 14.8 Å². The van der Waals surface area contributed by atoms with Crippen LogP contribution in [-0.2, 0) is 4.74 Å². The first-order valence-corrected chi connectivity index (χ1v) is 11.0. The molecule has 0 radical (unpaired) electrons. The highest BCUT2D eigenvalue weighted by atomic mass is 79.9. The molecule has 156 valence electrons. The molecule has 2 heterocycles. The molecule has 1 saturated carbocycles. The molecule has 4 rings (SSSR count). The number of likely N-dealkylation sites (tertiary alicyclic amines) is 1. The van der Waals surface area contributed by atoms with E-state index < -0.39 is 5.60 Å². The molecule has 0 bridgehead atoms. The van der Waals surface area contributed by atoms with E-state index in [0.29, 0.717) is 0 Å². The van der Waals surface area contributed by atoms with E-state index in [2.05, 4.69) is 25.9 Å². The molecule has 1 aromatic carbocycles. The maximum Gasteiger partial charge on any atom is 0.410 e. The van der Waals surface area contributed by atoms with Crippen molar-refractivity contribution in [1.82, 2.24) is 14.9 Å². The number of hydrogen-bond donors (Lipinski definition) is 0. The van der Waals surface area contributed by atoms with Crippen LogP contribution in [0.25, 0.3) is 10.9 Å². The van der Waals surface area contributed by atoms with Crippen molar-refractivity contribution in [3.8, 4) is 5.75 Å². The van der Waals surface area contributed by atoms with Gasteiger partial charge < -0.3 is 14.4 Å². The number of fused-ring (bicyclic) bond motifs is 1. The Morgan fingerprint density at radius 2 is 1.90 bits per heavy atom. The van der Waals surface area contributed by atoms with Crippen molar-refractivity contribution in [3.63, 3.8) is 0 Å². The minimum Gasteiger partial charge on any atom is -0.488 e. The topological polar surface area (TPSA) is 64.6 Å². The van der Waals surface area contributed by atoms with Gasteiger partial charge in [0.1, 0.15) is 23.2 Å². The summed E-state index contributed by atoms with van der Waals surface area (Å²) >= 11 is 3.58. The van der Waals surface area contributed by atoms with Crippen LogP contribution in [0.1, 0.15) is 52.1 Å². The van der Waals surface area contributed by atoms with Gasteiger partial charge in [-0.1, -0.05) is 15.9 Å². The first-order valence-electron chi connectivity index (χ1n) is 10.2. The molecule has 0 unspecified atom stereocenters. The normalized spacial score (nSPS) is 19.3. The number of carbonyl (C=O) groups is 1. The molecule has 1 saturated heterocycles. The van der Waals surface area contributed by atoms with E-state index in [-0.39, 0.29) is 17.6 Å². The predicted molar refractivity (Wildman–Crippen MR) is 115 cm³/mol. The number of benzene rings is 1. The summed E-state index contributed by atoms with van der Waals surface area (Å²) in [5.74, 6) is 0.810. The zero-order chi connectivity index (χ0) is 20.8. The average Bonchev–Trinajstić information content (AvgIpc) is 2.60. The predicted octanol–water partition coefficient (Wildman–Crippen LogP) is 5.26. The van der Waals surface area contributed by atoms with Gasteiger partial charge in [-0.15, -0.1) is 0 Å². The second-order valence-electron chi connectivity index (χ2n) is 9.41. The second kappa shape index (κ2) is 7.42. The Bertz CT molecular complexity index is 925. The molecule has 0 atom stereocenters. The van der Waals surface area contributed by atoms with Crippen molar-refractivity contribution in [2.45, 2.75) is 65.1 Å². The Balaban J connectivity index is 1.37. The van der Waals surface area contributed by atoms with Gasteiger partial charge in [-0.3, -0.25) is 0 Å². The van der Waals surface area contributed by atoms with Crippen molar-refractivity contribution in [2.24, 2.45) is 5.41 Å². The van der Waals surface area contributed by atoms with E-state index in [1.54, 1.807) is 6.33 Å². The standard InChI is InChI=1S/C22H28BrN3O3/c1-14-17-9-15(23)10-18(19(17)25-13-24-14)28-16-5-7-22(8-6-16)11-26(12-22)20(27)29-21(2,3)4/h9-10,13,16H,5-8,11-12H2,1-4H3. The highest BCUT2D eigenvalue weighted by Gasteiger charge is 2.48. The Kier molecular flexibility index (Phi) is 5.21. The molecule has 1 aliphatic heterocycles. The number of hydrogen-bond acceptors (Lipinski definition) is 5. The van der Waals surface area contributed by atoms with Gasteiger partial charge in [0, 0.05) is 34.1 Å². The van der Waals surface area contributed by atoms with Crippen LogP contribution in [-0.4, -0.2) is 45.8 Å². The minimum atomic E-state index is -0.444. The third kappa shape index (κ3) is 4.34. The Morgan fingerprint density at radius 3 is 2.55 bits per heavy atom. The lowest BCUT2D eigenvalue weighted by Gasteiger charge is -2.53. The minimum absolute atomic E-state index is 0.170. The Labute approximate surface area is 180 Å². The van der Waals surface area contributed by atoms with Crippen molar-refractivity contribution in [3.05, 3.63) is 28.6 Å². The summed E-state index contributed by atoms with van der Waals surface area (Å²) in [6, 6.07) is 4.03. The molecule has 2 fully saturated rings. The number of ether oxygens (including phenoxy) is 2. The molecule has 1 spiro atoms. The van der Waals surface area contributed by atoms with Crippen LogP contribution < -0.4 is 4.74 Å². The Morgan fingerprint density at radius 1 is 1.21 bits per heavy atom. The quantitative estimate of drug-likeness (QED) is 0.609. The van der Waals surface area contributed by atoms with E-state index in [9.17, 15) is 4.79 Å². The largest absolute Gasteiger partial charge is 0.488 e. The summed E-state index contributed by atoms with van der Waals surface area (Å²) < 4.78 is 12.8. The summed E-state index contributed by atoms with van der Waals surface area (Å²) in [5, 5.41) is 1.01. The number of nitrogens with zero attached hydrogens (tertiary/aromatic N) is 3. The van der Waals surface area contributed by atoms with Crippen molar-refractivity contribution >= 4 is 32.9 Å². The van der Waals surface area contributed by atoms with Crippen LogP contribution in [0.2, 0.25) is 0 Å². The van der Waals surface area contributed by atoms with E-state index in [0.717, 1.165) is 65.6 Å². The monoisotopic (exact) mass is 461 g/mol. The maximum atomic E-state index is 12.2. The highest BCUT2D eigenvalue weighted by Crippen LogP contribution is 2.45. The van der Waals surface area contributed by atoms with Gasteiger partial charge in [-0.2, -0.15) is 0 Å². The number of carbonyl (C=O) groups excluding carboxylic acids is 1. The van der Waals surface area contributed by atoms with Crippen LogP contribution in [0.4, 0.5) is 4.79 Å². The first-order chi connectivity index (χ1) is 13.6. The summed E-state index contributed by atoms with van der Waals surface area (Å²) in [6.07, 6.45) is 5.67. The molecule has 1 aliphatic carbocycles. The van der Waals surface area contributed by atoms with Gasteiger partial charge in [-0.05, 0) is 65.5 Å². The smallest absolute Gasteiger partial charge is 0.410 e. The molecule has 2 aliphatic rings. The third-order valence-electron chi connectivity index (χ3n) is 5.86. The van der Waals surface area contributed by atoms with Gasteiger partial charge in [0.05, 0.1) is 6.10 Å². The fourth-order valence-corrected chi connectivity index (χ4v) is 4.79. The molecule has 29 heavy (non-hydrogen) atoms. The summed E-state index contributed by atoms with van der Waals surface area (Å²) in [7, 11) is 0. The fourth-order valence-electron chi connectivity index (χ4n) is 4.35. The van der Waals surface area contributed by atoms with Crippen molar-refractivity contribution in [2.75, 3.05) is 13.1 Å². The van der Waals surface area contributed by atoms with Gasteiger partial charge in [0.15, 0.2) is 0 Å². The molecule has 2 aromatic rings. The highest BCUT2D eigenvalue weighted by molar-refractivity contribution is 9.10. The number of aromatic nitrogens is 2. The van der Waals surface area contributed by atoms with Crippen LogP contribution in [0.15, 0.2) is 22.9 Å². The van der Waals surface area contributed by atoms with E-state index >= 15 is 0 Å². The van der Waals surface area contributed by atoms with E-state index in [1.165, 1.54) is 0 Å². The van der Waals surface area contributed by atoms with Crippen molar-refractivity contribution in [1.29, 1.82) is 0 Å². The maximum absolute atomic E-state index is 12.2.